The molecule has 1 unspecified atom stereocenters. The molecule has 1 aliphatic heterocycles. The van der Waals surface area contributed by atoms with E-state index < -0.39 is 0 Å². The number of nitrogens with one attached hydrogen (secondary N) is 2. The zero-order chi connectivity index (χ0) is 13.9. The highest BCUT2D eigenvalue weighted by Crippen LogP contribution is 2.31. The molecule has 4 nitrogen and oxygen atoms in total. The first kappa shape index (κ1) is 12.9. The van der Waals surface area contributed by atoms with Crippen LogP contribution in [-0.4, -0.2) is 17.0 Å². The Balaban J connectivity index is 1.66. The summed E-state index contributed by atoms with van der Waals surface area (Å²) >= 11 is 0. The first-order valence-electron chi connectivity index (χ1n) is 6.94. The first-order chi connectivity index (χ1) is 9.74. The highest BCUT2D eigenvalue weighted by atomic mass is 16.1. The smallest absolute Gasteiger partial charge is 0.225 e. The summed E-state index contributed by atoms with van der Waals surface area (Å²) in [6.45, 7) is 1.64. The molecule has 3 rings (SSSR count). The summed E-state index contributed by atoms with van der Waals surface area (Å²) in [5.41, 5.74) is 3.43. The summed E-state index contributed by atoms with van der Waals surface area (Å²) < 4.78 is 2.11. The van der Waals surface area contributed by atoms with Gasteiger partial charge in [-0.05, 0) is 23.8 Å². The van der Waals surface area contributed by atoms with Gasteiger partial charge in [0, 0.05) is 50.1 Å². The predicted octanol–water partition coefficient (Wildman–Crippen LogP) is 2.24. The second kappa shape index (κ2) is 5.51. The Morgan fingerprint density at radius 1 is 1.30 bits per heavy atom. The molecule has 104 valence electrons. The second-order valence-electron chi connectivity index (χ2n) is 5.28. The molecule has 2 N–H and O–H groups in total. The molecule has 1 aliphatic rings. The molecule has 2 heterocycles. The minimum absolute atomic E-state index is 0.106. The molecule has 0 fully saturated rings. The van der Waals surface area contributed by atoms with E-state index in [1.165, 1.54) is 11.3 Å². The molecule has 1 aromatic heterocycles. The molecule has 0 aliphatic carbocycles. The second-order valence-corrected chi connectivity index (χ2v) is 5.28. The van der Waals surface area contributed by atoms with Gasteiger partial charge < -0.3 is 15.2 Å². The lowest BCUT2D eigenvalue weighted by atomic mass is 9.90. The Hall–Kier alpha value is -2.07. The fourth-order valence-electron chi connectivity index (χ4n) is 2.74. The third-order valence-electron chi connectivity index (χ3n) is 3.85. The zero-order valence-electron chi connectivity index (χ0n) is 11.6. The van der Waals surface area contributed by atoms with Crippen LogP contribution >= 0.6 is 0 Å². The van der Waals surface area contributed by atoms with Crippen molar-refractivity contribution in [3.63, 3.8) is 0 Å². The van der Waals surface area contributed by atoms with Gasteiger partial charge in [-0.2, -0.15) is 0 Å². The van der Waals surface area contributed by atoms with Crippen molar-refractivity contribution in [3.8, 4) is 0 Å². The summed E-state index contributed by atoms with van der Waals surface area (Å²) in [6.07, 6.45) is 2.59. The maximum Gasteiger partial charge on any atom is 0.225 e. The van der Waals surface area contributed by atoms with Crippen molar-refractivity contribution in [1.29, 1.82) is 0 Å². The van der Waals surface area contributed by atoms with E-state index in [4.69, 9.17) is 0 Å². The van der Waals surface area contributed by atoms with Gasteiger partial charge in [-0.1, -0.05) is 18.2 Å². The predicted molar refractivity (Wildman–Crippen MR) is 79.5 cm³/mol. The number of carbonyl (C=O) groups excluding carboxylic acids is 1. The van der Waals surface area contributed by atoms with E-state index in [0.29, 0.717) is 6.42 Å². The SMILES string of the molecule is Cn1cccc1CNCC1CC(=O)Nc2ccccc21. The number of fused-ring (bicyclic) bond motifs is 1. The van der Waals surface area contributed by atoms with Gasteiger partial charge in [0.05, 0.1) is 0 Å². The molecular formula is C16H19N3O. The van der Waals surface area contributed by atoms with Crippen LogP contribution < -0.4 is 10.6 Å². The van der Waals surface area contributed by atoms with Gasteiger partial charge in [-0.25, -0.2) is 0 Å². The van der Waals surface area contributed by atoms with Crippen LogP contribution in [0.4, 0.5) is 5.69 Å². The molecular weight excluding hydrogens is 250 g/mol. The van der Waals surface area contributed by atoms with E-state index >= 15 is 0 Å². The quantitative estimate of drug-likeness (QED) is 0.894. The largest absolute Gasteiger partial charge is 0.353 e. The van der Waals surface area contributed by atoms with Crippen LogP contribution in [0, 0.1) is 0 Å². The van der Waals surface area contributed by atoms with Gasteiger partial charge in [-0.15, -0.1) is 0 Å². The Morgan fingerprint density at radius 3 is 2.95 bits per heavy atom. The van der Waals surface area contributed by atoms with Crippen molar-refractivity contribution in [1.82, 2.24) is 9.88 Å². The number of aromatic nitrogens is 1. The normalized spacial score (nSPS) is 17.6. The highest BCUT2D eigenvalue weighted by molar-refractivity contribution is 5.94. The lowest BCUT2D eigenvalue weighted by Gasteiger charge is -2.25. The van der Waals surface area contributed by atoms with E-state index in [0.717, 1.165) is 18.8 Å². The van der Waals surface area contributed by atoms with Crippen LogP contribution in [0.5, 0.6) is 0 Å². The summed E-state index contributed by atoms with van der Waals surface area (Å²) in [6, 6.07) is 12.2. The summed E-state index contributed by atoms with van der Waals surface area (Å²) in [5, 5.41) is 6.39. The fourth-order valence-corrected chi connectivity index (χ4v) is 2.74. The molecule has 1 atom stereocenters. The Labute approximate surface area is 118 Å². The molecule has 0 saturated heterocycles. The Kier molecular flexibility index (Phi) is 3.56. The Bertz CT molecular complexity index is 618. The van der Waals surface area contributed by atoms with Crippen LogP contribution in [0.3, 0.4) is 0 Å². The van der Waals surface area contributed by atoms with Crippen LogP contribution in [0.15, 0.2) is 42.6 Å². The van der Waals surface area contributed by atoms with Gasteiger partial charge in [-0.3, -0.25) is 4.79 Å². The minimum atomic E-state index is 0.106. The maximum atomic E-state index is 11.7. The lowest BCUT2D eigenvalue weighted by Crippen LogP contribution is -2.30. The van der Waals surface area contributed by atoms with Gasteiger partial charge in [0.15, 0.2) is 0 Å². The molecule has 4 heteroatoms. The number of amides is 1. The molecule has 0 saturated carbocycles. The zero-order valence-corrected chi connectivity index (χ0v) is 11.6. The first-order valence-corrected chi connectivity index (χ1v) is 6.94. The number of aryl methyl sites for hydroxylation is 1. The van der Waals surface area contributed by atoms with E-state index in [1.54, 1.807) is 0 Å². The number of hydrogen-bond acceptors (Lipinski definition) is 2. The third kappa shape index (κ3) is 2.60. The van der Waals surface area contributed by atoms with Gasteiger partial charge in [0.25, 0.3) is 0 Å². The standard InChI is InChI=1S/C16H19N3O/c1-19-8-4-5-13(19)11-17-10-12-9-16(20)18-15-7-3-2-6-14(12)15/h2-8,12,17H,9-11H2,1H3,(H,18,20). The van der Waals surface area contributed by atoms with Crippen LogP contribution in [-0.2, 0) is 18.4 Å². The van der Waals surface area contributed by atoms with Crippen molar-refractivity contribution in [2.45, 2.75) is 18.9 Å². The van der Waals surface area contributed by atoms with Crippen molar-refractivity contribution < 1.29 is 4.79 Å². The van der Waals surface area contributed by atoms with Crippen LogP contribution in [0.25, 0.3) is 0 Å². The maximum absolute atomic E-state index is 11.7. The Morgan fingerprint density at radius 2 is 2.15 bits per heavy atom. The topological polar surface area (TPSA) is 46.1 Å². The number of nitrogens with zero attached hydrogens (tertiary/aromatic N) is 1. The van der Waals surface area contributed by atoms with Crippen LogP contribution in [0.1, 0.15) is 23.6 Å². The van der Waals surface area contributed by atoms with Crippen molar-refractivity contribution in [3.05, 3.63) is 53.9 Å². The van der Waals surface area contributed by atoms with E-state index in [2.05, 4.69) is 27.3 Å². The number of para-hydroxylation sites is 1. The van der Waals surface area contributed by atoms with Gasteiger partial charge in [0.2, 0.25) is 5.91 Å². The van der Waals surface area contributed by atoms with Gasteiger partial charge >= 0.3 is 0 Å². The van der Waals surface area contributed by atoms with E-state index in [-0.39, 0.29) is 11.8 Å². The summed E-state index contributed by atoms with van der Waals surface area (Å²) in [7, 11) is 2.04. The minimum Gasteiger partial charge on any atom is -0.353 e. The van der Waals surface area contributed by atoms with E-state index in [1.807, 2.05) is 37.5 Å². The molecule has 0 bridgehead atoms. The molecule has 1 aromatic carbocycles. The number of hydrogen-bond donors (Lipinski definition) is 2. The third-order valence-corrected chi connectivity index (χ3v) is 3.85. The average molecular weight is 269 g/mol. The monoisotopic (exact) mass is 269 g/mol. The summed E-state index contributed by atoms with van der Waals surface area (Å²) in [4.78, 5) is 11.7. The van der Waals surface area contributed by atoms with E-state index in [9.17, 15) is 4.79 Å². The van der Waals surface area contributed by atoms with Crippen molar-refractivity contribution >= 4 is 11.6 Å². The van der Waals surface area contributed by atoms with Crippen molar-refractivity contribution in [2.75, 3.05) is 11.9 Å². The fraction of sp³-hybridized carbons (Fsp3) is 0.312. The molecule has 0 spiro atoms. The number of benzene rings is 1. The molecule has 1 amide bonds. The van der Waals surface area contributed by atoms with Gasteiger partial charge in [0.1, 0.15) is 0 Å². The summed E-state index contributed by atoms with van der Waals surface area (Å²) in [5.74, 6) is 0.356. The number of carbonyl (C=O) groups is 1. The molecule has 20 heavy (non-hydrogen) atoms. The number of rotatable bonds is 4. The molecule has 2 aromatic rings. The van der Waals surface area contributed by atoms with Crippen LogP contribution in [0.2, 0.25) is 0 Å². The van der Waals surface area contributed by atoms with Crippen molar-refractivity contribution in [2.24, 2.45) is 7.05 Å². The lowest BCUT2D eigenvalue weighted by molar-refractivity contribution is -0.116. The molecule has 0 radical (unpaired) electrons. The number of anilines is 1. The highest BCUT2D eigenvalue weighted by Gasteiger charge is 2.24. The average Bonchev–Trinajstić information content (AvgIpc) is 2.84.